The number of aryl methyl sites for hydroxylation is 2. The molecule has 178 valence electrons. The van der Waals surface area contributed by atoms with Gasteiger partial charge >= 0.3 is 5.97 Å². The molecule has 0 spiro atoms. The molecule has 1 unspecified atom stereocenters. The Kier molecular flexibility index (Phi) is 8.01. The summed E-state index contributed by atoms with van der Waals surface area (Å²) in [6.45, 7) is 4.90. The summed E-state index contributed by atoms with van der Waals surface area (Å²) >= 11 is 0. The van der Waals surface area contributed by atoms with Crippen molar-refractivity contribution >= 4 is 17.0 Å². The first-order chi connectivity index (χ1) is 15.8. The Hall–Kier alpha value is -3.01. The summed E-state index contributed by atoms with van der Waals surface area (Å²) in [6.07, 6.45) is 2.28. The molecule has 0 aliphatic heterocycles. The van der Waals surface area contributed by atoms with E-state index in [1.165, 1.54) is 0 Å². The lowest BCUT2D eigenvalue weighted by atomic mass is 10.1. The summed E-state index contributed by atoms with van der Waals surface area (Å²) in [7, 11) is 5.02. The summed E-state index contributed by atoms with van der Waals surface area (Å²) in [5.41, 5.74) is 4.02. The lowest BCUT2D eigenvalue weighted by Crippen LogP contribution is -2.35. The Morgan fingerprint density at radius 2 is 1.91 bits per heavy atom. The standard InChI is InChI=1S/C24H32N4O5/c1-6-19(24(30)31)25-11-16-7-8-21-20(10-16)26-22(28(21)18(13-32-4)14-33-5)17-9-15(2)23(29)27(3)12-17/h7-10,12,18-19,25H,6,11,13-14H2,1-5H3,(H,30,31). The number of ether oxygens (including phenoxy) is 2. The van der Waals surface area contributed by atoms with E-state index in [2.05, 4.69) is 9.88 Å². The number of fused-ring (bicyclic) bond motifs is 1. The topological polar surface area (TPSA) is 108 Å². The van der Waals surface area contributed by atoms with Crippen LogP contribution in [0, 0.1) is 6.92 Å². The van der Waals surface area contributed by atoms with Gasteiger partial charge in [-0.25, -0.2) is 4.98 Å². The molecule has 1 aromatic carbocycles. The van der Waals surface area contributed by atoms with E-state index < -0.39 is 12.0 Å². The van der Waals surface area contributed by atoms with Gasteiger partial charge in [-0.3, -0.25) is 9.59 Å². The lowest BCUT2D eigenvalue weighted by Gasteiger charge is -2.21. The highest BCUT2D eigenvalue weighted by molar-refractivity contribution is 5.81. The molecule has 9 heteroatoms. The highest BCUT2D eigenvalue weighted by atomic mass is 16.5. The second-order valence-corrected chi connectivity index (χ2v) is 8.20. The van der Waals surface area contributed by atoms with Gasteiger partial charge in [0.25, 0.3) is 5.56 Å². The van der Waals surface area contributed by atoms with Crippen molar-refractivity contribution in [3.05, 3.63) is 51.9 Å². The van der Waals surface area contributed by atoms with Crippen molar-refractivity contribution in [1.29, 1.82) is 0 Å². The first-order valence-electron chi connectivity index (χ1n) is 10.9. The molecule has 3 rings (SSSR count). The average Bonchev–Trinajstić information content (AvgIpc) is 3.16. The van der Waals surface area contributed by atoms with E-state index >= 15 is 0 Å². The number of aliphatic carboxylic acids is 1. The fourth-order valence-corrected chi connectivity index (χ4v) is 4.06. The van der Waals surface area contributed by atoms with Crippen molar-refractivity contribution in [1.82, 2.24) is 19.4 Å². The van der Waals surface area contributed by atoms with Crippen LogP contribution in [0.25, 0.3) is 22.4 Å². The normalized spacial score (nSPS) is 12.5. The molecule has 0 amide bonds. The third-order valence-corrected chi connectivity index (χ3v) is 5.72. The number of methoxy groups -OCH3 is 2. The number of hydrogen-bond acceptors (Lipinski definition) is 6. The Morgan fingerprint density at radius 3 is 2.48 bits per heavy atom. The Morgan fingerprint density at radius 1 is 1.21 bits per heavy atom. The van der Waals surface area contributed by atoms with Gasteiger partial charge in [0.2, 0.25) is 0 Å². The minimum absolute atomic E-state index is 0.0518. The van der Waals surface area contributed by atoms with E-state index in [4.69, 9.17) is 14.5 Å². The van der Waals surface area contributed by atoms with Gasteiger partial charge in [-0.2, -0.15) is 0 Å². The molecule has 3 aromatic rings. The van der Waals surface area contributed by atoms with E-state index in [1.54, 1.807) is 39.0 Å². The van der Waals surface area contributed by atoms with Crippen molar-refractivity contribution in [3.8, 4) is 11.4 Å². The first kappa shape index (κ1) is 24.6. The Balaban J connectivity index is 2.12. The summed E-state index contributed by atoms with van der Waals surface area (Å²) in [4.78, 5) is 28.5. The number of carboxylic acid groups (broad SMARTS) is 1. The second-order valence-electron chi connectivity index (χ2n) is 8.20. The molecule has 0 aliphatic carbocycles. The Bertz CT molecular complexity index is 1150. The SMILES string of the molecule is CCC(NCc1ccc2c(c1)nc(-c1cc(C)c(=O)n(C)c1)n2C(COC)COC)C(=O)O. The molecule has 2 N–H and O–H groups in total. The molecule has 0 saturated carbocycles. The molecule has 1 atom stereocenters. The first-order valence-corrected chi connectivity index (χ1v) is 10.9. The van der Waals surface area contributed by atoms with Crippen molar-refractivity contribution in [3.63, 3.8) is 0 Å². The number of nitrogens with one attached hydrogen (secondary N) is 1. The predicted octanol–water partition coefficient (Wildman–Crippen LogP) is 2.50. The predicted molar refractivity (Wildman–Crippen MR) is 126 cm³/mol. The zero-order valence-corrected chi connectivity index (χ0v) is 19.8. The van der Waals surface area contributed by atoms with Crippen LogP contribution >= 0.6 is 0 Å². The maximum absolute atomic E-state index is 12.2. The van der Waals surface area contributed by atoms with E-state index in [0.29, 0.717) is 37.6 Å². The van der Waals surface area contributed by atoms with Crippen LogP contribution in [0.3, 0.4) is 0 Å². The third kappa shape index (κ3) is 5.32. The molecule has 9 nitrogen and oxygen atoms in total. The summed E-state index contributed by atoms with van der Waals surface area (Å²) in [5.74, 6) is -0.151. The van der Waals surface area contributed by atoms with Gasteiger partial charge in [-0.15, -0.1) is 0 Å². The highest BCUT2D eigenvalue weighted by Gasteiger charge is 2.22. The summed E-state index contributed by atoms with van der Waals surface area (Å²) in [5, 5.41) is 12.4. The number of imidazole rings is 1. The quantitative estimate of drug-likeness (QED) is 0.456. The minimum Gasteiger partial charge on any atom is -0.480 e. The molecule has 2 aromatic heterocycles. The molecule has 0 radical (unpaired) electrons. The van der Waals surface area contributed by atoms with E-state index in [0.717, 1.165) is 22.2 Å². The van der Waals surface area contributed by atoms with E-state index in [-0.39, 0.29) is 11.6 Å². The van der Waals surface area contributed by atoms with Gasteiger partial charge in [0.05, 0.1) is 30.3 Å². The zero-order chi connectivity index (χ0) is 24.1. The molecule has 0 aliphatic rings. The number of rotatable bonds is 11. The second kappa shape index (κ2) is 10.7. The molecule has 0 fully saturated rings. The number of benzene rings is 1. The molecule has 0 bridgehead atoms. The van der Waals surface area contributed by atoms with Crippen LogP contribution in [0.2, 0.25) is 0 Å². The fourth-order valence-electron chi connectivity index (χ4n) is 4.06. The van der Waals surface area contributed by atoms with Gasteiger partial charge in [0, 0.05) is 45.1 Å². The van der Waals surface area contributed by atoms with Crippen molar-refractivity contribution < 1.29 is 19.4 Å². The van der Waals surface area contributed by atoms with Crippen molar-refractivity contribution in [2.75, 3.05) is 27.4 Å². The number of aromatic nitrogens is 3. The zero-order valence-electron chi connectivity index (χ0n) is 19.8. The molecular formula is C24H32N4O5. The molecule has 2 heterocycles. The fraction of sp³-hybridized carbons (Fsp3) is 0.458. The average molecular weight is 457 g/mol. The highest BCUT2D eigenvalue weighted by Crippen LogP contribution is 2.29. The van der Waals surface area contributed by atoms with Gasteiger partial charge in [0.15, 0.2) is 0 Å². The van der Waals surface area contributed by atoms with E-state index in [1.807, 2.05) is 31.2 Å². The largest absolute Gasteiger partial charge is 0.480 e. The number of pyridine rings is 1. The van der Waals surface area contributed by atoms with Crippen LogP contribution in [-0.4, -0.2) is 58.7 Å². The van der Waals surface area contributed by atoms with Crippen molar-refractivity contribution in [2.45, 2.75) is 38.9 Å². The van der Waals surface area contributed by atoms with Crippen LogP contribution in [0.1, 0.15) is 30.5 Å². The van der Waals surface area contributed by atoms with Crippen LogP contribution in [0.5, 0.6) is 0 Å². The van der Waals surface area contributed by atoms with Crippen LogP contribution in [0.15, 0.2) is 35.3 Å². The smallest absolute Gasteiger partial charge is 0.320 e. The van der Waals surface area contributed by atoms with Crippen molar-refractivity contribution in [2.24, 2.45) is 7.05 Å². The number of nitrogens with zero attached hydrogens (tertiary/aromatic N) is 3. The number of carboxylic acids is 1. The van der Waals surface area contributed by atoms with Crippen LogP contribution in [-0.2, 0) is 27.9 Å². The molecular weight excluding hydrogens is 424 g/mol. The van der Waals surface area contributed by atoms with Gasteiger partial charge in [-0.05, 0) is 37.1 Å². The van der Waals surface area contributed by atoms with Crippen LogP contribution < -0.4 is 10.9 Å². The van der Waals surface area contributed by atoms with Gasteiger partial charge in [0.1, 0.15) is 11.9 Å². The maximum atomic E-state index is 12.2. The molecule has 0 saturated heterocycles. The summed E-state index contributed by atoms with van der Waals surface area (Å²) in [6, 6.07) is 7.03. The minimum atomic E-state index is -0.864. The number of hydrogen-bond donors (Lipinski definition) is 2. The maximum Gasteiger partial charge on any atom is 0.320 e. The summed E-state index contributed by atoms with van der Waals surface area (Å²) < 4.78 is 14.6. The van der Waals surface area contributed by atoms with Gasteiger partial charge in [-0.1, -0.05) is 13.0 Å². The Labute approximate surface area is 193 Å². The monoisotopic (exact) mass is 456 g/mol. The number of carbonyl (C=O) groups is 1. The van der Waals surface area contributed by atoms with Crippen LogP contribution in [0.4, 0.5) is 0 Å². The third-order valence-electron chi connectivity index (χ3n) is 5.72. The van der Waals surface area contributed by atoms with E-state index in [9.17, 15) is 14.7 Å². The molecule has 33 heavy (non-hydrogen) atoms. The lowest BCUT2D eigenvalue weighted by molar-refractivity contribution is -0.139. The van der Waals surface area contributed by atoms with Gasteiger partial charge < -0.3 is 29.0 Å².